The van der Waals surface area contributed by atoms with E-state index in [0.717, 1.165) is 5.56 Å². The van der Waals surface area contributed by atoms with Crippen molar-refractivity contribution in [3.05, 3.63) is 83.8 Å². The zero-order chi connectivity index (χ0) is 21.8. The fourth-order valence-corrected chi connectivity index (χ4v) is 4.90. The van der Waals surface area contributed by atoms with Gasteiger partial charge in [-0.25, -0.2) is 8.42 Å². The maximum Gasteiger partial charge on any atom is 0.258 e. The Kier molecular flexibility index (Phi) is 6.22. The minimum atomic E-state index is -3.70. The Morgan fingerprint density at radius 2 is 1.77 bits per heavy atom. The highest BCUT2D eigenvalue weighted by atomic mass is 32.2. The molecule has 0 bridgehead atoms. The van der Waals surface area contributed by atoms with Crippen molar-refractivity contribution in [3.8, 4) is 0 Å². The molecule has 1 saturated heterocycles. The third kappa shape index (κ3) is 4.71. The van der Waals surface area contributed by atoms with Gasteiger partial charge in [-0.3, -0.25) is 4.79 Å². The number of aryl methyl sites for hydroxylation is 1. The van der Waals surface area contributed by atoms with Crippen molar-refractivity contribution in [2.24, 2.45) is 0 Å². The van der Waals surface area contributed by atoms with Crippen molar-refractivity contribution in [2.75, 3.05) is 31.2 Å². The molecule has 2 aromatic carbocycles. The largest absolute Gasteiger partial charge is 0.467 e. The summed E-state index contributed by atoms with van der Waals surface area (Å²) in [6.45, 7) is 3.53. The molecule has 1 aliphatic heterocycles. The molecule has 0 N–H and O–H groups in total. The molecule has 0 aliphatic carbocycles. The predicted molar refractivity (Wildman–Crippen MR) is 116 cm³/mol. The lowest BCUT2D eigenvalue weighted by Crippen LogP contribution is -2.40. The number of ether oxygens (including phenoxy) is 1. The summed E-state index contributed by atoms with van der Waals surface area (Å²) in [4.78, 5) is 15.1. The second-order valence-corrected chi connectivity index (χ2v) is 9.29. The standard InChI is InChI=1S/C23H24N2O5S/c1-18-7-9-20(10-8-18)25(17-21-5-3-13-30-21)23(26)19-4-2-6-22(16-19)31(27,28)24-11-14-29-15-12-24/h2-10,13,16H,11-12,14-15,17H2,1H3. The molecule has 31 heavy (non-hydrogen) atoms. The van der Waals surface area contributed by atoms with E-state index >= 15 is 0 Å². The summed E-state index contributed by atoms with van der Waals surface area (Å²) < 4.78 is 38.1. The van der Waals surface area contributed by atoms with Crippen molar-refractivity contribution in [2.45, 2.75) is 18.4 Å². The SMILES string of the molecule is Cc1ccc(N(Cc2ccco2)C(=O)c2cccc(S(=O)(=O)N3CCOCC3)c2)cc1. The molecule has 0 atom stereocenters. The summed E-state index contributed by atoms with van der Waals surface area (Å²) in [5, 5.41) is 0. The second-order valence-electron chi connectivity index (χ2n) is 7.35. The first-order chi connectivity index (χ1) is 14.9. The van der Waals surface area contributed by atoms with E-state index in [9.17, 15) is 13.2 Å². The van der Waals surface area contributed by atoms with Crippen molar-refractivity contribution in [1.82, 2.24) is 4.31 Å². The van der Waals surface area contributed by atoms with E-state index < -0.39 is 10.0 Å². The molecule has 0 radical (unpaired) electrons. The summed E-state index contributed by atoms with van der Waals surface area (Å²) in [6.07, 6.45) is 1.56. The number of benzene rings is 2. The van der Waals surface area contributed by atoms with Crippen LogP contribution in [0.1, 0.15) is 21.7 Å². The normalized spacial score (nSPS) is 15.0. The molecule has 1 amide bonds. The van der Waals surface area contributed by atoms with Gasteiger partial charge in [-0.05, 0) is 49.4 Å². The van der Waals surface area contributed by atoms with E-state index in [1.165, 1.54) is 16.4 Å². The van der Waals surface area contributed by atoms with Crippen LogP contribution < -0.4 is 4.90 Å². The third-order valence-electron chi connectivity index (χ3n) is 5.17. The first-order valence-corrected chi connectivity index (χ1v) is 11.5. The number of hydrogen-bond donors (Lipinski definition) is 0. The van der Waals surface area contributed by atoms with Gasteiger partial charge in [0, 0.05) is 24.3 Å². The van der Waals surface area contributed by atoms with Crippen molar-refractivity contribution in [1.29, 1.82) is 0 Å². The van der Waals surface area contributed by atoms with Gasteiger partial charge < -0.3 is 14.1 Å². The number of furan rings is 1. The first-order valence-electron chi connectivity index (χ1n) is 10.0. The zero-order valence-electron chi connectivity index (χ0n) is 17.2. The van der Waals surface area contributed by atoms with E-state index in [2.05, 4.69) is 0 Å². The van der Waals surface area contributed by atoms with Gasteiger partial charge in [0.2, 0.25) is 10.0 Å². The molecule has 1 fully saturated rings. The summed E-state index contributed by atoms with van der Waals surface area (Å²) in [6, 6.07) is 17.3. The number of nitrogens with zero attached hydrogens (tertiary/aromatic N) is 2. The maximum absolute atomic E-state index is 13.5. The Hall–Kier alpha value is -2.94. The van der Waals surface area contributed by atoms with Gasteiger partial charge in [0.05, 0.1) is 30.9 Å². The van der Waals surface area contributed by atoms with E-state index in [0.29, 0.717) is 43.3 Å². The first kappa shape index (κ1) is 21.3. The minimum absolute atomic E-state index is 0.0992. The van der Waals surface area contributed by atoms with Crippen LogP contribution in [0.3, 0.4) is 0 Å². The number of amides is 1. The Bertz CT molecular complexity index is 1130. The lowest BCUT2D eigenvalue weighted by Gasteiger charge is -2.26. The highest BCUT2D eigenvalue weighted by Crippen LogP contribution is 2.24. The Labute approximate surface area is 181 Å². The Morgan fingerprint density at radius 1 is 1.03 bits per heavy atom. The summed E-state index contributed by atoms with van der Waals surface area (Å²) >= 11 is 0. The number of sulfonamides is 1. The maximum atomic E-state index is 13.5. The van der Waals surface area contributed by atoms with Gasteiger partial charge in [-0.2, -0.15) is 4.31 Å². The highest BCUT2D eigenvalue weighted by Gasteiger charge is 2.28. The number of hydrogen-bond acceptors (Lipinski definition) is 5. The molecule has 1 aromatic heterocycles. The number of carbonyl (C=O) groups excluding carboxylic acids is 1. The van der Waals surface area contributed by atoms with E-state index in [1.54, 1.807) is 35.4 Å². The lowest BCUT2D eigenvalue weighted by molar-refractivity contribution is 0.0730. The Balaban J connectivity index is 1.67. The van der Waals surface area contributed by atoms with Gasteiger partial charge >= 0.3 is 0 Å². The van der Waals surface area contributed by atoms with Crippen LogP contribution in [-0.2, 0) is 21.3 Å². The summed E-state index contributed by atoms with van der Waals surface area (Å²) in [5.41, 5.74) is 2.07. The molecule has 7 nitrogen and oxygen atoms in total. The number of carbonyl (C=O) groups is 1. The molecule has 0 saturated carbocycles. The average Bonchev–Trinajstić information content (AvgIpc) is 3.32. The van der Waals surface area contributed by atoms with Gasteiger partial charge in [0.15, 0.2) is 0 Å². The summed E-state index contributed by atoms with van der Waals surface area (Å²) in [7, 11) is -3.70. The van der Waals surface area contributed by atoms with Crippen LogP contribution in [0.25, 0.3) is 0 Å². The van der Waals surface area contributed by atoms with Gasteiger partial charge in [0.1, 0.15) is 5.76 Å². The molecular formula is C23H24N2O5S. The van der Waals surface area contributed by atoms with Crippen LogP contribution in [-0.4, -0.2) is 44.9 Å². The van der Waals surface area contributed by atoms with Crippen LogP contribution in [0.5, 0.6) is 0 Å². The van der Waals surface area contributed by atoms with Gasteiger partial charge in [-0.1, -0.05) is 23.8 Å². The van der Waals surface area contributed by atoms with Crippen molar-refractivity contribution in [3.63, 3.8) is 0 Å². The predicted octanol–water partition coefficient (Wildman–Crippen LogP) is 3.46. The average molecular weight is 441 g/mol. The molecule has 0 unspecified atom stereocenters. The lowest BCUT2D eigenvalue weighted by atomic mass is 10.1. The Morgan fingerprint density at radius 3 is 2.45 bits per heavy atom. The number of rotatable bonds is 6. The van der Waals surface area contributed by atoms with E-state index in [-0.39, 0.29) is 17.3 Å². The van der Waals surface area contributed by atoms with E-state index in [1.807, 2.05) is 31.2 Å². The van der Waals surface area contributed by atoms with E-state index in [4.69, 9.17) is 9.15 Å². The molecule has 1 aliphatic rings. The molecule has 4 rings (SSSR count). The highest BCUT2D eigenvalue weighted by molar-refractivity contribution is 7.89. The number of anilines is 1. The molecular weight excluding hydrogens is 416 g/mol. The topological polar surface area (TPSA) is 80.1 Å². The van der Waals surface area contributed by atoms with Crippen LogP contribution in [0.2, 0.25) is 0 Å². The van der Waals surface area contributed by atoms with Crippen LogP contribution in [0.4, 0.5) is 5.69 Å². The summed E-state index contributed by atoms with van der Waals surface area (Å²) in [5.74, 6) is 0.324. The smallest absolute Gasteiger partial charge is 0.258 e. The molecule has 0 spiro atoms. The van der Waals surface area contributed by atoms with Crippen LogP contribution in [0, 0.1) is 6.92 Å². The molecule has 8 heteroatoms. The second kappa shape index (κ2) is 9.05. The van der Waals surface area contributed by atoms with Gasteiger partial charge in [-0.15, -0.1) is 0 Å². The van der Waals surface area contributed by atoms with Gasteiger partial charge in [0.25, 0.3) is 5.91 Å². The third-order valence-corrected chi connectivity index (χ3v) is 7.07. The van der Waals surface area contributed by atoms with Crippen molar-refractivity contribution < 1.29 is 22.4 Å². The molecule has 162 valence electrons. The fraction of sp³-hybridized carbons (Fsp3) is 0.261. The fourth-order valence-electron chi connectivity index (χ4n) is 3.44. The molecule has 2 heterocycles. The van der Waals surface area contributed by atoms with Crippen molar-refractivity contribution >= 4 is 21.6 Å². The monoisotopic (exact) mass is 440 g/mol. The zero-order valence-corrected chi connectivity index (χ0v) is 18.0. The minimum Gasteiger partial charge on any atom is -0.467 e. The quantitative estimate of drug-likeness (QED) is 0.587. The molecule has 3 aromatic rings. The van der Waals surface area contributed by atoms with Crippen LogP contribution in [0.15, 0.2) is 76.2 Å². The number of morpholine rings is 1. The van der Waals surface area contributed by atoms with Crippen LogP contribution >= 0.6 is 0 Å².